The molecule has 0 unspecified atom stereocenters. The van der Waals surface area contributed by atoms with Gasteiger partial charge in [0, 0.05) is 31.5 Å². The average Bonchev–Trinajstić information content (AvgIpc) is 3.19. The Bertz CT molecular complexity index is 1120. The number of carbonyl (C=O) groups is 1. The van der Waals surface area contributed by atoms with E-state index in [0.717, 1.165) is 28.9 Å². The minimum Gasteiger partial charge on any atom is -0.351 e. The second-order valence-electron chi connectivity index (χ2n) is 6.70. The van der Waals surface area contributed by atoms with Gasteiger partial charge >= 0.3 is 0 Å². The molecule has 0 radical (unpaired) electrons. The SMILES string of the molecule is CCc1nc2ccc(C)cn2c1C(=O)NCc1ccc2c(ccn2C)c1. The number of nitrogens with one attached hydrogen (secondary N) is 1. The Hall–Kier alpha value is -3.08. The first-order valence-corrected chi connectivity index (χ1v) is 8.86. The van der Waals surface area contributed by atoms with Gasteiger partial charge in [0.25, 0.3) is 5.91 Å². The number of benzene rings is 1. The fraction of sp³-hybridized carbons (Fsp3) is 0.238. The molecular weight excluding hydrogens is 324 g/mol. The van der Waals surface area contributed by atoms with Gasteiger partial charge in [-0.2, -0.15) is 0 Å². The van der Waals surface area contributed by atoms with Gasteiger partial charge in [0.05, 0.1) is 5.69 Å². The molecule has 0 aliphatic rings. The lowest BCUT2D eigenvalue weighted by Gasteiger charge is -2.08. The number of hydrogen-bond acceptors (Lipinski definition) is 2. The molecule has 132 valence electrons. The van der Waals surface area contributed by atoms with Crippen LogP contribution < -0.4 is 5.32 Å². The summed E-state index contributed by atoms with van der Waals surface area (Å²) >= 11 is 0. The van der Waals surface area contributed by atoms with Gasteiger partial charge in [0.15, 0.2) is 0 Å². The molecule has 1 amide bonds. The standard InChI is InChI=1S/C21H22N4O/c1-4-17-20(25-13-14(2)5-8-19(25)23-17)21(26)22-12-15-6-7-18-16(11-15)9-10-24(18)3/h5-11,13H,4,12H2,1-3H3,(H,22,26). The van der Waals surface area contributed by atoms with Crippen LogP contribution >= 0.6 is 0 Å². The molecule has 26 heavy (non-hydrogen) atoms. The number of nitrogens with zero attached hydrogens (tertiary/aromatic N) is 3. The molecule has 0 atom stereocenters. The molecular formula is C21H22N4O. The molecule has 0 aliphatic heterocycles. The molecule has 0 saturated carbocycles. The van der Waals surface area contributed by atoms with Crippen molar-refractivity contribution in [3.63, 3.8) is 0 Å². The highest BCUT2D eigenvalue weighted by Crippen LogP contribution is 2.18. The number of rotatable bonds is 4. The Labute approximate surface area is 152 Å². The summed E-state index contributed by atoms with van der Waals surface area (Å²) in [5.41, 5.74) is 5.63. The quantitative estimate of drug-likeness (QED) is 0.613. The highest BCUT2D eigenvalue weighted by molar-refractivity contribution is 5.94. The number of imidazole rings is 1. The Kier molecular flexibility index (Phi) is 3.99. The first-order chi connectivity index (χ1) is 12.6. The topological polar surface area (TPSA) is 51.3 Å². The van der Waals surface area contributed by atoms with E-state index in [4.69, 9.17) is 0 Å². The normalized spacial score (nSPS) is 11.3. The lowest BCUT2D eigenvalue weighted by Crippen LogP contribution is -2.25. The average molecular weight is 346 g/mol. The Morgan fingerprint density at radius 3 is 2.85 bits per heavy atom. The van der Waals surface area contributed by atoms with Crippen molar-refractivity contribution >= 4 is 22.5 Å². The Morgan fingerprint density at radius 2 is 2.04 bits per heavy atom. The number of aryl methyl sites for hydroxylation is 3. The van der Waals surface area contributed by atoms with Crippen LogP contribution in [0.1, 0.15) is 34.2 Å². The van der Waals surface area contributed by atoms with Gasteiger partial charge in [0.1, 0.15) is 11.3 Å². The lowest BCUT2D eigenvalue weighted by molar-refractivity contribution is 0.0944. The van der Waals surface area contributed by atoms with Gasteiger partial charge in [-0.05, 0) is 54.1 Å². The molecule has 0 spiro atoms. The summed E-state index contributed by atoms with van der Waals surface area (Å²) in [6, 6.07) is 12.3. The Morgan fingerprint density at radius 1 is 1.19 bits per heavy atom. The van der Waals surface area contributed by atoms with Crippen LogP contribution in [0, 0.1) is 6.92 Å². The van der Waals surface area contributed by atoms with Crippen LogP contribution in [0.4, 0.5) is 0 Å². The van der Waals surface area contributed by atoms with Crippen molar-refractivity contribution in [2.24, 2.45) is 7.05 Å². The zero-order chi connectivity index (χ0) is 18.3. The summed E-state index contributed by atoms with van der Waals surface area (Å²) in [6.07, 6.45) is 4.73. The van der Waals surface area contributed by atoms with E-state index >= 15 is 0 Å². The van der Waals surface area contributed by atoms with Crippen molar-refractivity contribution in [3.05, 3.63) is 71.3 Å². The van der Waals surface area contributed by atoms with Crippen LogP contribution in [0.2, 0.25) is 0 Å². The van der Waals surface area contributed by atoms with E-state index in [1.807, 2.05) is 49.8 Å². The molecule has 4 rings (SSSR count). The van der Waals surface area contributed by atoms with E-state index < -0.39 is 0 Å². The number of carbonyl (C=O) groups excluding carboxylic acids is 1. The van der Waals surface area contributed by atoms with Crippen LogP contribution in [0.3, 0.4) is 0 Å². The maximum atomic E-state index is 12.9. The maximum absolute atomic E-state index is 12.9. The highest BCUT2D eigenvalue weighted by Gasteiger charge is 2.18. The van der Waals surface area contributed by atoms with Gasteiger partial charge in [-0.1, -0.05) is 19.1 Å². The van der Waals surface area contributed by atoms with E-state index in [1.165, 1.54) is 10.9 Å². The van der Waals surface area contributed by atoms with Crippen molar-refractivity contribution in [3.8, 4) is 0 Å². The van der Waals surface area contributed by atoms with Crippen molar-refractivity contribution in [1.82, 2.24) is 19.3 Å². The second kappa shape index (κ2) is 6.33. The predicted molar refractivity (Wildman–Crippen MR) is 103 cm³/mol. The fourth-order valence-corrected chi connectivity index (χ4v) is 3.39. The molecule has 5 heteroatoms. The maximum Gasteiger partial charge on any atom is 0.270 e. The first kappa shape index (κ1) is 16.4. The smallest absolute Gasteiger partial charge is 0.270 e. The molecule has 0 bridgehead atoms. The molecule has 3 heterocycles. The molecule has 0 aliphatic carbocycles. The van der Waals surface area contributed by atoms with Crippen LogP contribution in [0.15, 0.2) is 48.8 Å². The van der Waals surface area contributed by atoms with Gasteiger partial charge in [-0.15, -0.1) is 0 Å². The van der Waals surface area contributed by atoms with E-state index in [9.17, 15) is 4.79 Å². The number of amides is 1. The molecule has 0 saturated heterocycles. The third-order valence-corrected chi connectivity index (χ3v) is 4.79. The van der Waals surface area contributed by atoms with Crippen molar-refractivity contribution in [2.45, 2.75) is 26.8 Å². The summed E-state index contributed by atoms with van der Waals surface area (Å²) in [5, 5.41) is 4.23. The monoisotopic (exact) mass is 346 g/mol. The van der Waals surface area contributed by atoms with Crippen LogP contribution in [0.25, 0.3) is 16.6 Å². The van der Waals surface area contributed by atoms with Gasteiger partial charge < -0.3 is 9.88 Å². The van der Waals surface area contributed by atoms with Crippen molar-refractivity contribution in [2.75, 3.05) is 0 Å². The van der Waals surface area contributed by atoms with Gasteiger partial charge in [-0.25, -0.2) is 4.98 Å². The molecule has 1 N–H and O–H groups in total. The fourth-order valence-electron chi connectivity index (χ4n) is 3.39. The summed E-state index contributed by atoms with van der Waals surface area (Å²) in [6.45, 7) is 4.53. The van der Waals surface area contributed by atoms with E-state index in [0.29, 0.717) is 12.2 Å². The van der Waals surface area contributed by atoms with Gasteiger partial charge in [0.2, 0.25) is 0 Å². The molecule has 1 aromatic carbocycles. The minimum absolute atomic E-state index is 0.0897. The van der Waals surface area contributed by atoms with Crippen LogP contribution in [0.5, 0.6) is 0 Å². The molecule has 3 aromatic heterocycles. The summed E-state index contributed by atoms with van der Waals surface area (Å²) < 4.78 is 3.98. The van der Waals surface area contributed by atoms with Crippen molar-refractivity contribution in [1.29, 1.82) is 0 Å². The summed E-state index contributed by atoms with van der Waals surface area (Å²) in [7, 11) is 2.03. The van der Waals surface area contributed by atoms with Crippen LogP contribution in [-0.2, 0) is 20.0 Å². The zero-order valence-electron chi connectivity index (χ0n) is 15.3. The predicted octanol–water partition coefficient (Wildman–Crippen LogP) is 3.63. The zero-order valence-corrected chi connectivity index (χ0v) is 15.3. The number of pyridine rings is 1. The van der Waals surface area contributed by atoms with E-state index in [1.54, 1.807) is 0 Å². The third-order valence-electron chi connectivity index (χ3n) is 4.79. The number of aromatic nitrogens is 3. The summed E-state index contributed by atoms with van der Waals surface area (Å²) in [4.78, 5) is 17.5. The molecule has 5 nitrogen and oxygen atoms in total. The lowest BCUT2D eigenvalue weighted by atomic mass is 10.1. The largest absolute Gasteiger partial charge is 0.351 e. The first-order valence-electron chi connectivity index (χ1n) is 8.86. The number of fused-ring (bicyclic) bond motifs is 2. The highest BCUT2D eigenvalue weighted by atomic mass is 16.1. The number of hydrogen-bond donors (Lipinski definition) is 1. The molecule has 4 aromatic rings. The second-order valence-corrected chi connectivity index (χ2v) is 6.70. The Balaban J connectivity index is 1.61. The van der Waals surface area contributed by atoms with E-state index in [-0.39, 0.29) is 5.91 Å². The van der Waals surface area contributed by atoms with E-state index in [2.05, 4.69) is 39.1 Å². The third kappa shape index (κ3) is 2.75. The van der Waals surface area contributed by atoms with Crippen molar-refractivity contribution < 1.29 is 4.79 Å². The molecule has 0 fully saturated rings. The van der Waals surface area contributed by atoms with Gasteiger partial charge in [-0.3, -0.25) is 9.20 Å². The summed E-state index contributed by atoms with van der Waals surface area (Å²) in [5.74, 6) is -0.0897. The minimum atomic E-state index is -0.0897. The van der Waals surface area contributed by atoms with Crippen LogP contribution in [-0.4, -0.2) is 19.9 Å².